The predicted molar refractivity (Wildman–Crippen MR) is 102 cm³/mol. The maximum atomic E-state index is 12.9. The monoisotopic (exact) mass is 407 g/mol. The number of benzene rings is 2. The number of sulfonamides is 1. The fourth-order valence-corrected chi connectivity index (χ4v) is 3.59. The van der Waals surface area contributed by atoms with E-state index in [1.165, 1.54) is 52.5 Å². The van der Waals surface area contributed by atoms with Gasteiger partial charge in [-0.15, -0.1) is 0 Å². The van der Waals surface area contributed by atoms with Gasteiger partial charge in [0.1, 0.15) is 5.75 Å². The molecule has 0 aromatic heterocycles. The fraction of sp³-hybridized carbons (Fsp3) is 0.263. The Balaban J connectivity index is 2.24. The molecule has 0 N–H and O–H groups in total. The van der Waals surface area contributed by atoms with E-state index in [4.69, 9.17) is 9.47 Å². The van der Waals surface area contributed by atoms with E-state index in [0.29, 0.717) is 11.4 Å². The molecule has 0 aliphatic rings. The molecule has 1 atom stereocenters. The molecule has 0 amide bonds. The van der Waals surface area contributed by atoms with Crippen molar-refractivity contribution in [2.75, 3.05) is 25.6 Å². The van der Waals surface area contributed by atoms with Crippen LogP contribution in [0.15, 0.2) is 53.4 Å². The molecule has 2 aromatic carbocycles. The molecule has 9 heteroatoms. The van der Waals surface area contributed by atoms with E-state index in [2.05, 4.69) is 4.74 Å². The van der Waals surface area contributed by atoms with E-state index in [9.17, 15) is 18.0 Å². The molecule has 0 bridgehead atoms. The van der Waals surface area contributed by atoms with Crippen LogP contribution in [0.1, 0.15) is 17.3 Å². The van der Waals surface area contributed by atoms with Crippen molar-refractivity contribution < 1.29 is 32.2 Å². The Kier molecular flexibility index (Phi) is 6.63. The van der Waals surface area contributed by atoms with E-state index in [0.717, 1.165) is 4.31 Å². The summed E-state index contributed by atoms with van der Waals surface area (Å²) in [6.07, 6.45) is -1.07. The van der Waals surface area contributed by atoms with Crippen LogP contribution in [0.5, 0.6) is 5.75 Å². The van der Waals surface area contributed by atoms with Gasteiger partial charge in [0, 0.05) is 7.05 Å². The first-order valence-corrected chi connectivity index (χ1v) is 9.67. The second-order valence-electron chi connectivity index (χ2n) is 5.74. The van der Waals surface area contributed by atoms with Gasteiger partial charge in [0.2, 0.25) is 0 Å². The summed E-state index contributed by atoms with van der Waals surface area (Å²) in [5, 5.41) is 0. The minimum atomic E-state index is -3.88. The second kappa shape index (κ2) is 8.75. The minimum Gasteiger partial charge on any atom is -0.495 e. The third-order valence-electron chi connectivity index (χ3n) is 3.99. The predicted octanol–water partition coefficient (Wildman–Crippen LogP) is 2.24. The molecule has 2 aromatic rings. The van der Waals surface area contributed by atoms with Crippen molar-refractivity contribution in [3.8, 4) is 5.75 Å². The summed E-state index contributed by atoms with van der Waals surface area (Å²) in [4.78, 5) is 23.4. The molecule has 0 aliphatic carbocycles. The quantitative estimate of drug-likeness (QED) is 0.649. The Hall–Kier alpha value is -3.07. The van der Waals surface area contributed by atoms with Gasteiger partial charge in [0.15, 0.2) is 6.10 Å². The molecular formula is C19H21NO7S. The highest BCUT2D eigenvalue weighted by atomic mass is 32.2. The number of ether oxygens (including phenoxy) is 3. The van der Waals surface area contributed by atoms with Crippen molar-refractivity contribution in [2.45, 2.75) is 17.9 Å². The highest BCUT2D eigenvalue weighted by Crippen LogP contribution is 2.30. The minimum absolute atomic E-state index is 0.0153. The maximum Gasteiger partial charge on any atom is 0.346 e. The van der Waals surface area contributed by atoms with Crippen LogP contribution in [0.3, 0.4) is 0 Å². The van der Waals surface area contributed by atoms with Crippen LogP contribution >= 0.6 is 0 Å². The highest BCUT2D eigenvalue weighted by molar-refractivity contribution is 7.92. The van der Waals surface area contributed by atoms with Gasteiger partial charge in [-0.05, 0) is 43.3 Å². The number of rotatable bonds is 7. The van der Waals surface area contributed by atoms with Crippen molar-refractivity contribution in [1.82, 2.24) is 0 Å². The summed E-state index contributed by atoms with van der Waals surface area (Å²) in [5.74, 6) is -1.04. The number of hydrogen-bond donors (Lipinski definition) is 0. The standard InChI is InChI=1S/C19H21NO7S/c1-13(18(21)26-4)27-19(22)14-9-11-15(12-10-14)28(23,24)20(2)16-7-5-6-8-17(16)25-3/h5-13H,1-4H3/t13-/m0/s1. The molecule has 0 aliphatic heterocycles. The zero-order chi connectivity index (χ0) is 20.9. The Bertz CT molecular complexity index is 955. The highest BCUT2D eigenvalue weighted by Gasteiger charge is 2.25. The number of anilines is 1. The van der Waals surface area contributed by atoms with Crippen LogP contribution in [-0.4, -0.2) is 47.7 Å². The maximum absolute atomic E-state index is 12.9. The lowest BCUT2D eigenvalue weighted by Crippen LogP contribution is -2.27. The Morgan fingerprint density at radius 2 is 1.61 bits per heavy atom. The van der Waals surface area contributed by atoms with Crippen molar-refractivity contribution in [3.05, 3.63) is 54.1 Å². The first-order valence-electron chi connectivity index (χ1n) is 8.23. The van der Waals surface area contributed by atoms with Crippen LogP contribution < -0.4 is 9.04 Å². The third kappa shape index (κ3) is 4.42. The molecule has 150 valence electrons. The average Bonchev–Trinajstić information content (AvgIpc) is 2.72. The number of nitrogens with zero attached hydrogens (tertiary/aromatic N) is 1. The van der Waals surface area contributed by atoms with Crippen molar-refractivity contribution in [1.29, 1.82) is 0 Å². The van der Waals surface area contributed by atoms with Crippen molar-refractivity contribution >= 4 is 27.6 Å². The van der Waals surface area contributed by atoms with E-state index in [1.807, 2.05) is 0 Å². The van der Waals surface area contributed by atoms with Gasteiger partial charge in [-0.3, -0.25) is 4.31 Å². The van der Waals surface area contributed by atoms with Crippen LogP contribution in [0.2, 0.25) is 0 Å². The van der Waals surface area contributed by atoms with E-state index < -0.39 is 28.1 Å². The average molecular weight is 407 g/mol. The fourth-order valence-electron chi connectivity index (χ4n) is 2.38. The van der Waals surface area contributed by atoms with E-state index in [1.54, 1.807) is 24.3 Å². The Labute approximate surface area is 163 Å². The van der Waals surface area contributed by atoms with Crippen molar-refractivity contribution in [2.24, 2.45) is 0 Å². The second-order valence-corrected chi connectivity index (χ2v) is 7.71. The molecular weight excluding hydrogens is 386 g/mol. The number of methoxy groups -OCH3 is 2. The largest absolute Gasteiger partial charge is 0.495 e. The Morgan fingerprint density at radius 3 is 2.18 bits per heavy atom. The molecule has 2 rings (SSSR count). The molecule has 0 unspecified atom stereocenters. The van der Waals surface area contributed by atoms with Crippen molar-refractivity contribution in [3.63, 3.8) is 0 Å². The summed E-state index contributed by atoms with van der Waals surface area (Å²) in [6.45, 7) is 1.38. The molecule has 0 saturated carbocycles. The SMILES string of the molecule is COC(=O)[C@H](C)OC(=O)c1ccc(S(=O)(=O)N(C)c2ccccc2OC)cc1. The number of esters is 2. The number of carbonyl (C=O) groups excluding carboxylic acids is 2. The van der Waals surface area contributed by atoms with Gasteiger partial charge in [-0.1, -0.05) is 12.1 Å². The summed E-state index contributed by atoms with van der Waals surface area (Å²) in [6, 6.07) is 11.9. The lowest BCUT2D eigenvalue weighted by atomic mass is 10.2. The molecule has 8 nitrogen and oxygen atoms in total. The number of para-hydroxylation sites is 2. The lowest BCUT2D eigenvalue weighted by molar-refractivity contribution is -0.149. The molecule has 0 radical (unpaired) electrons. The molecule has 0 heterocycles. The molecule has 28 heavy (non-hydrogen) atoms. The Morgan fingerprint density at radius 1 is 1.00 bits per heavy atom. The molecule has 0 saturated heterocycles. The van der Waals surface area contributed by atoms with Gasteiger partial charge in [0.25, 0.3) is 10.0 Å². The molecule has 0 fully saturated rings. The third-order valence-corrected chi connectivity index (χ3v) is 5.78. The van der Waals surface area contributed by atoms with Gasteiger partial charge in [0.05, 0.1) is 30.4 Å². The normalized spacial score (nSPS) is 12.0. The first kappa shape index (κ1) is 21.2. The van der Waals surface area contributed by atoms with Gasteiger partial charge in [-0.25, -0.2) is 18.0 Å². The van der Waals surface area contributed by atoms with Crippen LogP contribution in [0.25, 0.3) is 0 Å². The summed E-state index contributed by atoms with van der Waals surface area (Å²) in [5.41, 5.74) is 0.482. The smallest absolute Gasteiger partial charge is 0.346 e. The summed E-state index contributed by atoms with van der Waals surface area (Å²) < 4.78 is 41.5. The number of hydrogen-bond acceptors (Lipinski definition) is 7. The topological polar surface area (TPSA) is 99.2 Å². The van der Waals surface area contributed by atoms with Gasteiger partial charge >= 0.3 is 11.9 Å². The molecule has 0 spiro atoms. The zero-order valence-corrected chi connectivity index (χ0v) is 16.7. The van der Waals surface area contributed by atoms with Gasteiger partial charge < -0.3 is 14.2 Å². The van der Waals surface area contributed by atoms with Crippen LogP contribution in [0, 0.1) is 0 Å². The summed E-state index contributed by atoms with van der Waals surface area (Å²) in [7, 11) is 0.168. The lowest BCUT2D eigenvalue weighted by Gasteiger charge is -2.21. The van der Waals surface area contributed by atoms with E-state index in [-0.39, 0.29) is 10.5 Å². The summed E-state index contributed by atoms with van der Waals surface area (Å²) >= 11 is 0. The van der Waals surface area contributed by atoms with Gasteiger partial charge in [-0.2, -0.15) is 0 Å². The van der Waals surface area contributed by atoms with E-state index >= 15 is 0 Å². The van der Waals surface area contributed by atoms with Crippen LogP contribution in [-0.2, 0) is 24.3 Å². The zero-order valence-electron chi connectivity index (χ0n) is 15.9. The number of carbonyl (C=O) groups is 2. The van der Waals surface area contributed by atoms with Crippen LogP contribution in [0.4, 0.5) is 5.69 Å². The first-order chi connectivity index (χ1) is 13.2.